The number of rotatable bonds is 5. The molecule has 0 saturated heterocycles. The molecule has 0 amide bonds. The molecule has 5 heteroatoms. The molecule has 364 valence electrons. The van der Waals surface area contributed by atoms with Crippen molar-refractivity contribution in [3.05, 3.63) is 282 Å². The van der Waals surface area contributed by atoms with Gasteiger partial charge in [-0.15, -0.1) is 0 Å². The Balaban J connectivity index is 0.847. The maximum Gasteiger partial charge on any atom is 0.269 e. The molecule has 0 atom stereocenters. The van der Waals surface area contributed by atoms with Gasteiger partial charge >= 0.3 is 0 Å². The zero-order valence-corrected chi connectivity index (χ0v) is 42.9. The Morgan fingerprint density at radius 3 is 1.87 bits per heavy atom. The summed E-state index contributed by atoms with van der Waals surface area (Å²) >= 11 is 0. The van der Waals surface area contributed by atoms with Crippen molar-refractivity contribution in [1.82, 2.24) is 14.1 Å². The molecule has 1 aliphatic heterocycles. The first kappa shape index (κ1) is 43.8. The van der Waals surface area contributed by atoms with Crippen LogP contribution in [0.2, 0.25) is 0 Å². The highest BCUT2D eigenvalue weighted by atomic mass is 16.5. The molecule has 0 fully saturated rings. The third-order valence-corrected chi connectivity index (χ3v) is 16.7. The number of hydrogen-bond donors (Lipinski definition) is 0. The van der Waals surface area contributed by atoms with Crippen molar-refractivity contribution >= 4 is 32.8 Å². The van der Waals surface area contributed by atoms with E-state index in [2.05, 4.69) is 265 Å². The van der Waals surface area contributed by atoms with Gasteiger partial charge in [-0.05, 0) is 150 Å². The highest BCUT2D eigenvalue weighted by Crippen LogP contribution is 2.57. The fraction of sp³-hybridized carbons (Fsp3) is 0.0833. The van der Waals surface area contributed by atoms with E-state index >= 15 is 0 Å². The van der Waals surface area contributed by atoms with Gasteiger partial charge in [-0.3, -0.25) is 13.7 Å². The van der Waals surface area contributed by atoms with Gasteiger partial charge in [0.2, 0.25) is 0 Å². The molecular formula is C72H50N4O. The van der Waals surface area contributed by atoms with Crippen molar-refractivity contribution in [2.24, 2.45) is 0 Å². The molecule has 4 aliphatic rings. The first-order valence-electron chi connectivity index (χ1n) is 26.8. The maximum absolute atomic E-state index is 6.87. The van der Waals surface area contributed by atoms with Gasteiger partial charge in [-0.1, -0.05) is 185 Å². The fourth-order valence-corrected chi connectivity index (χ4v) is 13.3. The molecule has 3 aliphatic carbocycles. The zero-order valence-electron chi connectivity index (χ0n) is 42.9. The molecule has 10 aromatic carbocycles. The van der Waals surface area contributed by atoms with E-state index in [0.717, 1.165) is 67.3 Å². The highest BCUT2D eigenvalue weighted by molar-refractivity contribution is 6.10. The van der Waals surface area contributed by atoms with Crippen LogP contribution in [0, 0.1) is 6.33 Å². The van der Waals surface area contributed by atoms with E-state index < -0.39 is 0 Å². The summed E-state index contributed by atoms with van der Waals surface area (Å²) in [4.78, 5) is 4.92. The summed E-state index contributed by atoms with van der Waals surface area (Å²) in [5, 5.41) is 2.32. The number of para-hydroxylation sites is 3. The van der Waals surface area contributed by atoms with Crippen LogP contribution >= 0.6 is 0 Å². The van der Waals surface area contributed by atoms with Gasteiger partial charge in [0.05, 0.1) is 33.4 Å². The standard InChI is InChI=1S/C72H50N4O/c1-72(2,3)45-37-38-73-67(40-45)76-64-31-13-11-21-52(64)53-36-34-48(42-66(53)76)77-47-18-14-17-46(41-47)74-43-75-63-30-12-10-20-51(63)50-19-4-5-22-54(50)68-49(27-15-28-59(68)61-29-16-32-65(74)71(61)75)44-33-35-60-62(39-44)70-57-25-8-6-23-55(57)69(60)56-24-7-9-26-58(56)70/h4-42,69-70H,1-3H3. The van der Waals surface area contributed by atoms with Crippen molar-refractivity contribution < 1.29 is 9.30 Å². The normalized spacial score (nSPS) is 14.7. The lowest BCUT2D eigenvalue weighted by molar-refractivity contribution is -0.571. The number of pyridine rings is 1. The van der Waals surface area contributed by atoms with E-state index in [1.165, 1.54) is 77.7 Å². The Kier molecular flexibility index (Phi) is 9.36. The Morgan fingerprint density at radius 2 is 1.06 bits per heavy atom. The van der Waals surface area contributed by atoms with Gasteiger partial charge in [0.15, 0.2) is 0 Å². The van der Waals surface area contributed by atoms with Crippen LogP contribution in [0.15, 0.2) is 237 Å². The Bertz CT molecular complexity index is 4570. The first-order valence-corrected chi connectivity index (χ1v) is 26.8. The minimum atomic E-state index is -0.0248. The van der Waals surface area contributed by atoms with E-state index in [4.69, 9.17) is 9.72 Å². The summed E-state index contributed by atoms with van der Waals surface area (Å²) in [5.74, 6) is 2.76. The van der Waals surface area contributed by atoms with Crippen LogP contribution in [0.5, 0.6) is 11.5 Å². The van der Waals surface area contributed by atoms with E-state index in [0.29, 0.717) is 0 Å². The summed E-state index contributed by atoms with van der Waals surface area (Å²) in [6.45, 7) is 6.73. The molecule has 77 heavy (non-hydrogen) atoms. The number of fused-ring (bicyclic) bond motifs is 10. The number of ether oxygens (including phenoxy) is 1. The Hall–Kier alpha value is -9.58. The quantitative estimate of drug-likeness (QED) is 0.127. The van der Waals surface area contributed by atoms with Crippen LogP contribution in [0.1, 0.15) is 71.6 Å². The fourth-order valence-electron chi connectivity index (χ4n) is 13.3. The van der Waals surface area contributed by atoms with Crippen molar-refractivity contribution in [2.45, 2.75) is 38.0 Å². The Labute approximate surface area is 447 Å². The van der Waals surface area contributed by atoms with Crippen LogP contribution in [-0.2, 0) is 5.41 Å². The topological polar surface area (TPSA) is 35.9 Å². The molecule has 17 rings (SSSR count). The number of benzene rings is 10. The molecule has 0 unspecified atom stereocenters. The lowest BCUT2D eigenvalue weighted by atomic mass is 9.61. The lowest BCUT2D eigenvalue weighted by Crippen LogP contribution is -2.30. The Morgan fingerprint density at radius 1 is 0.455 bits per heavy atom. The number of imidazole rings is 1. The van der Waals surface area contributed by atoms with E-state index in [1.807, 2.05) is 12.3 Å². The second-order valence-electron chi connectivity index (χ2n) is 22.0. The predicted octanol–water partition coefficient (Wildman–Crippen LogP) is 17.3. The minimum absolute atomic E-state index is 0.0248. The van der Waals surface area contributed by atoms with Gasteiger partial charge in [-0.25, -0.2) is 4.98 Å². The van der Waals surface area contributed by atoms with E-state index in [1.54, 1.807) is 0 Å². The van der Waals surface area contributed by atoms with Gasteiger partial charge < -0.3 is 4.74 Å². The average molecular weight is 987 g/mol. The summed E-state index contributed by atoms with van der Waals surface area (Å²) < 4.78 is 13.6. The maximum atomic E-state index is 6.87. The molecule has 4 heterocycles. The largest absolute Gasteiger partial charge is 0.458 e. The van der Waals surface area contributed by atoms with Crippen LogP contribution in [-0.4, -0.2) is 14.1 Å². The van der Waals surface area contributed by atoms with Crippen molar-refractivity contribution in [3.8, 4) is 73.2 Å². The van der Waals surface area contributed by atoms with Crippen molar-refractivity contribution in [3.63, 3.8) is 0 Å². The van der Waals surface area contributed by atoms with Gasteiger partial charge in [-0.2, -0.15) is 0 Å². The molecule has 2 bridgehead atoms. The summed E-state index contributed by atoms with van der Waals surface area (Å²) in [7, 11) is 0. The average Bonchev–Trinajstić information content (AvgIpc) is 4.07. The molecular weight excluding hydrogens is 937 g/mol. The van der Waals surface area contributed by atoms with Crippen LogP contribution in [0.4, 0.5) is 0 Å². The third kappa shape index (κ3) is 6.53. The molecule has 0 N–H and O–H groups in total. The van der Waals surface area contributed by atoms with Crippen LogP contribution in [0.3, 0.4) is 0 Å². The monoisotopic (exact) mass is 986 g/mol. The SMILES string of the molecule is CC(C)(C)c1ccnc(-n2c3ccccc3c3ccc(Oc4cccc(-n5[c-][n+]6c7c(cccc75)-c5cccc(-c7ccc8c(c7)C7c9ccccc9C8c8ccccc87)c5-c5ccccc5-c5ccccc5-6)c4)cc32)c1. The van der Waals surface area contributed by atoms with Crippen LogP contribution in [0.25, 0.3) is 94.5 Å². The van der Waals surface area contributed by atoms with Crippen molar-refractivity contribution in [2.75, 3.05) is 0 Å². The summed E-state index contributed by atoms with van der Waals surface area (Å²) in [6.07, 6.45) is 5.84. The van der Waals surface area contributed by atoms with Gasteiger partial charge in [0.25, 0.3) is 6.33 Å². The molecule has 0 saturated carbocycles. The second-order valence-corrected chi connectivity index (χ2v) is 22.0. The third-order valence-electron chi connectivity index (χ3n) is 16.7. The van der Waals surface area contributed by atoms with Crippen LogP contribution < -0.4 is 9.30 Å². The smallest absolute Gasteiger partial charge is 0.269 e. The van der Waals surface area contributed by atoms with E-state index in [-0.39, 0.29) is 17.3 Å². The zero-order chi connectivity index (χ0) is 51.1. The minimum Gasteiger partial charge on any atom is -0.458 e. The number of aromatic nitrogens is 4. The summed E-state index contributed by atoms with van der Waals surface area (Å²) in [5.41, 5.74) is 25.5. The molecule has 0 spiro atoms. The molecule has 13 aromatic rings. The van der Waals surface area contributed by atoms with Gasteiger partial charge in [0, 0.05) is 34.9 Å². The second kappa shape index (κ2) is 16.5. The van der Waals surface area contributed by atoms with Gasteiger partial charge in [0.1, 0.15) is 17.3 Å². The lowest BCUT2D eigenvalue weighted by Gasteiger charge is -2.42. The number of nitrogens with zero attached hydrogens (tertiary/aromatic N) is 4. The highest BCUT2D eigenvalue weighted by Gasteiger charge is 2.41. The molecule has 0 radical (unpaired) electrons. The molecule has 3 aromatic heterocycles. The predicted molar refractivity (Wildman–Crippen MR) is 311 cm³/mol. The molecule has 5 nitrogen and oxygen atoms in total. The number of hydrogen-bond acceptors (Lipinski definition) is 2. The summed E-state index contributed by atoms with van der Waals surface area (Å²) in [6, 6.07) is 84.6. The first-order chi connectivity index (χ1) is 37.8. The van der Waals surface area contributed by atoms with Crippen molar-refractivity contribution in [1.29, 1.82) is 0 Å². The van der Waals surface area contributed by atoms with E-state index in [9.17, 15) is 0 Å².